The maximum atomic E-state index is 11.7. The van der Waals surface area contributed by atoms with E-state index in [-0.39, 0.29) is 42.8 Å². The Labute approximate surface area is 151 Å². The molecular weight excluding hydrogens is 358 g/mol. The lowest BCUT2D eigenvalue weighted by molar-refractivity contribution is -0.385. The molecule has 136 valence electrons. The van der Waals surface area contributed by atoms with Crippen molar-refractivity contribution in [3.63, 3.8) is 0 Å². The molecule has 0 amide bonds. The van der Waals surface area contributed by atoms with E-state index in [4.69, 9.17) is 24.7 Å². The van der Waals surface area contributed by atoms with Crippen LogP contribution in [0.25, 0.3) is 0 Å². The van der Waals surface area contributed by atoms with Crippen LogP contribution in [0.3, 0.4) is 0 Å². The normalized spacial score (nSPS) is 33.9. The summed E-state index contributed by atoms with van der Waals surface area (Å²) in [7, 11) is 0. The molecule has 1 saturated heterocycles. The average Bonchev–Trinajstić information content (AvgIpc) is 3.03. The largest absolute Gasteiger partial charge is 0.454 e. The molecule has 3 unspecified atom stereocenters. The first-order valence-corrected chi connectivity index (χ1v) is 8.01. The number of hydrogen-bond donors (Lipinski definition) is 1. The second-order valence-electron chi connectivity index (χ2n) is 6.57. The van der Waals surface area contributed by atoms with E-state index in [1.54, 1.807) is 0 Å². The van der Waals surface area contributed by atoms with Crippen LogP contribution in [0.4, 0.5) is 5.69 Å². The minimum absolute atomic E-state index is 0.0762. The van der Waals surface area contributed by atoms with Crippen LogP contribution in [0.2, 0.25) is 0 Å². The van der Waals surface area contributed by atoms with E-state index >= 15 is 0 Å². The molecule has 11 heteroatoms. The van der Waals surface area contributed by atoms with Crippen molar-refractivity contribution in [3.05, 3.63) is 27.8 Å². The Hall–Kier alpha value is -3.41. The predicted molar refractivity (Wildman–Crippen MR) is 84.3 cm³/mol. The summed E-state index contributed by atoms with van der Waals surface area (Å²) in [6.45, 7) is 0.252. The number of nitro benzene ring substituents is 1. The highest BCUT2D eigenvalue weighted by molar-refractivity contribution is 6.00. The predicted octanol–water partition coefficient (Wildman–Crippen LogP) is 0.512. The van der Waals surface area contributed by atoms with Gasteiger partial charge in [0.1, 0.15) is 11.3 Å². The number of nitro groups is 1. The zero-order valence-corrected chi connectivity index (χ0v) is 13.7. The fourth-order valence-electron chi connectivity index (χ4n) is 4.52. The van der Waals surface area contributed by atoms with Gasteiger partial charge in [-0.2, -0.15) is 10.5 Å². The van der Waals surface area contributed by atoms with E-state index in [1.807, 2.05) is 0 Å². The molecule has 1 saturated carbocycles. The molecule has 3 aliphatic heterocycles. The maximum Gasteiger partial charge on any atom is 0.293 e. The number of aliphatic imine (C=N–C) groups is 1. The average molecular weight is 369 g/mol. The Kier molecular flexibility index (Phi) is 2.72. The minimum atomic E-state index is -1.75. The minimum Gasteiger partial charge on any atom is -0.454 e. The van der Waals surface area contributed by atoms with Gasteiger partial charge in [0, 0.05) is 11.5 Å². The Morgan fingerprint density at radius 1 is 1.22 bits per heavy atom. The monoisotopic (exact) mass is 369 g/mol. The van der Waals surface area contributed by atoms with E-state index in [2.05, 4.69) is 17.1 Å². The molecule has 3 heterocycles. The third kappa shape index (κ3) is 1.47. The van der Waals surface area contributed by atoms with E-state index in [0.29, 0.717) is 5.75 Å². The van der Waals surface area contributed by atoms with Crippen molar-refractivity contribution >= 4 is 11.5 Å². The number of rotatable bonds is 2. The smallest absolute Gasteiger partial charge is 0.293 e. The van der Waals surface area contributed by atoms with Crippen molar-refractivity contribution in [1.29, 1.82) is 10.5 Å². The number of amidine groups is 1. The lowest BCUT2D eigenvalue weighted by Crippen LogP contribution is -2.38. The van der Waals surface area contributed by atoms with Crippen molar-refractivity contribution in [3.8, 4) is 23.6 Å². The number of nitrogens with two attached hydrogens (primary N) is 1. The molecule has 1 aromatic carbocycles. The van der Waals surface area contributed by atoms with Crippen LogP contribution in [0, 0.1) is 43.6 Å². The molecule has 1 spiro atoms. The number of hydrogen-bond acceptors (Lipinski definition) is 10. The number of ether oxygens (including phenoxy) is 4. The van der Waals surface area contributed by atoms with Crippen molar-refractivity contribution in [1.82, 2.24) is 0 Å². The second-order valence-corrected chi connectivity index (χ2v) is 6.57. The molecule has 1 aromatic rings. The Morgan fingerprint density at radius 2 is 1.89 bits per heavy atom. The van der Waals surface area contributed by atoms with Crippen molar-refractivity contribution in [2.24, 2.45) is 21.6 Å². The van der Waals surface area contributed by atoms with Gasteiger partial charge >= 0.3 is 0 Å². The molecule has 2 fully saturated rings. The highest BCUT2D eigenvalue weighted by atomic mass is 16.8. The van der Waals surface area contributed by atoms with E-state index in [0.717, 1.165) is 0 Å². The first kappa shape index (κ1) is 15.8. The van der Waals surface area contributed by atoms with Gasteiger partial charge in [-0.15, -0.1) is 0 Å². The summed E-state index contributed by atoms with van der Waals surface area (Å²) >= 11 is 0. The zero-order chi connectivity index (χ0) is 19.0. The van der Waals surface area contributed by atoms with Gasteiger partial charge in [-0.05, 0) is 6.07 Å². The van der Waals surface area contributed by atoms with Gasteiger partial charge in [0.15, 0.2) is 16.9 Å². The molecule has 0 radical (unpaired) electrons. The van der Waals surface area contributed by atoms with Gasteiger partial charge in [0.05, 0.1) is 36.3 Å². The van der Waals surface area contributed by atoms with E-state index < -0.39 is 27.6 Å². The van der Waals surface area contributed by atoms with Crippen LogP contribution in [0.5, 0.6) is 11.5 Å². The number of fused-ring (bicyclic) bond motifs is 3. The van der Waals surface area contributed by atoms with Gasteiger partial charge in [-0.1, -0.05) is 0 Å². The zero-order valence-electron chi connectivity index (χ0n) is 13.7. The SMILES string of the molecule is N#CC12C(N)=NC3(OCCO3)C1(C#N)C2c1cc2c(cc1[N+](=O)[O-])OCO2. The molecule has 5 rings (SSSR count). The van der Waals surface area contributed by atoms with Crippen LogP contribution in [-0.2, 0) is 9.47 Å². The molecule has 4 aliphatic rings. The summed E-state index contributed by atoms with van der Waals surface area (Å²) in [4.78, 5) is 15.2. The highest BCUT2D eigenvalue weighted by Gasteiger charge is 2.94. The molecular formula is C16H11N5O6. The molecule has 2 N–H and O–H groups in total. The van der Waals surface area contributed by atoms with Gasteiger partial charge in [-0.25, -0.2) is 4.99 Å². The van der Waals surface area contributed by atoms with Crippen LogP contribution < -0.4 is 15.2 Å². The third-order valence-corrected chi connectivity index (χ3v) is 5.64. The molecule has 27 heavy (non-hydrogen) atoms. The van der Waals surface area contributed by atoms with Gasteiger partial charge < -0.3 is 24.7 Å². The Bertz CT molecular complexity index is 1020. The van der Waals surface area contributed by atoms with E-state index in [1.165, 1.54) is 12.1 Å². The summed E-state index contributed by atoms with van der Waals surface area (Å²) in [6.07, 6.45) is 0. The summed E-state index contributed by atoms with van der Waals surface area (Å²) in [6, 6.07) is 6.78. The first-order valence-electron chi connectivity index (χ1n) is 8.01. The van der Waals surface area contributed by atoms with Crippen LogP contribution in [0.1, 0.15) is 11.5 Å². The molecule has 3 atom stereocenters. The van der Waals surface area contributed by atoms with Gasteiger partial charge in [0.25, 0.3) is 11.6 Å². The van der Waals surface area contributed by atoms with Crippen molar-refractivity contribution in [2.45, 2.75) is 11.8 Å². The van der Waals surface area contributed by atoms with Crippen LogP contribution in [0.15, 0.2) is 17.1 Å². The standard InChI is InChI=1S/C16H11N5O6/c17-5-14-12(8-3-10-11(25-7-24-10)4-9(8)21(22)23)15(14,6-18)16(20-13(14)19)26-1-2-27-16/h3-4,12H,1-2,7H2,(H2,19,20). The second kappa shape index (κ2) is 4.65. The van der Waals surface area contributed by atoms with Crippen LogP contribution in [-0.4, -0.2) is 36.7 Å². The summed E-state index contributed by atoms with van der Waals surface area (Å²) in [5.41, 5.74) is 2.64. The molecule has 1 aliphatic carbocycles. The van der Waals surface area contributed by atoms with E-state index in [9.17, 15) is 20.6 Å². The van der Waals surface area contributed by atoms with Gasteiger partial charge in [-0.3, -0.25) is 10.1 Å². The van der Waals surface area contributed by atoms with Gasteiger partial charge in [0.2, 0.25) is 6.79 Å². The molecule has 0 bridgehead atoms. The molecule has 11 nitrogen and oxygen atoms in total. The maximum absolute atomic E-state index is 11.7. The lowest BCUT2D eigenvalue weighted by Gasteiger charge is -2.25. The Morgan fingerprint density at radius 3 is 2.48 bits per heavy atom. The number of benzene rings is 1. The van der Waals surface area contributed by atoms with Crippen LogP contribution >= 0.6 is 0 Å². The topological polar surface area (TPSA) is 166 Å². The fourth-order valence-corrected chi connectivity index (χ4v) is 4.52. The lowest BCUT2D eigenvalue weighted by atomic mass is 9.93. The quantitative estimate of drug-likeness (QED) is 0.577. The fraction of sp³-hybridized carbons (Fsp3) is 0.438. The van der Waals surface area contributed by atoms with Crippen molar-refractivity contribution in [2.75, 3.05) is 20.0 Å². The van der Waals surface area contributed by atoms with Crippen molar-refractivity contribution < 1.29 is 23.9 Å². The summed E-state index contributed by atoms with van der Waals surface area (Å²) in [5, 5.41) is 31.7. The first-order chi connectivity index (χ1) is 13.0. The summed E-state index contributed by atoms with van der Waals surface area (Å²) < 4.78 is 21.7. The molecule has 0 aromatic heterocycles. The summed E-state index contributed by atoms with van der Waals surface area (Å²) in [5.74, 6) is -2.34. The Balaban J connectivity index is 1.76. The number of nitriles is 2. The number of nitrogens with zero attached hydrogens (tertiary/aromatic N) is 4. The third-order valence-electron chi connectivity index (χ3n) is 5.64. The highest BCUT2D eigenvalue weighted by Crippen LogP contribution is 2.83.